The lowest BCUT2D eigenvalue weighted by Gasteiger charge is -2.13. The number of aromatic nitrogens is 3. The number of pyridine rings is 1. The van der Waals surface area contributed by atoms with Gasteiger partial charge in [-0.15, -0.1) is 0 Å². The molecule has 0 radical (unpaired) electrons. The largest absolute Gasteiger partial charge is 0.324 e. The van der Waals surface area contributed by atoms with Gasteiger partial charge in [-0.25, -0.2) is 18.1 Å². The van der Waals surface area contributed by atoms with Gasteiger partial charge in [0.2, 0.25) is 5.03 Å². The number of sulfonamides is 1. The minimum Gasteiger partial charge on any atom is -0.324 e. The van der Waals surface area contributed by atoms with Gasteiger partial charge in [-0.1, -0.05) is 11.6 Å². The number of hydrogen-bond acceptors (Lipinski definition) is 4. The fraction of sp³-hybridized carbons (Fsp3) is 0.273. The van der Waals surface area contributed by atoms with Gasteiger partial charge in [0.15, 0.2) is 0 Å². The van der Waals surface area contributed by atoms with E-state index in [1.807, 2.05) is 0 Å². The van der Waals surface area contributed by atoms with E-state index < -0.39 is 16.1 Å². The second-order valence-electron chi connectivity index (χ2n) is 4.07. The third-order valence-electron chi connectivity index (χ3n) is 2.63. The van der Waals surface area contributed by atoms with Crippen molar-refractivity contribution >= 4 is 21.6 Å². The van der Waals surface area contributed by atoms with Gasteiger partial charge in [0.25, 0.3) is 10.0 Å². The Kier molecular flexibility index (Phi) is 3.88. The number of nitrogens with one attached hydrogen (secondary N) is 1. The van der Waals surface area contributed by atoms with Gasteiger partial charge < -0.3 is 4.57 Å². The molecule has 0 saturated heterocycles. The van der Waals surface area contributed by atoms with Crippen LogP contribution in [0.5, 0.6) is 0 Å². The minimum absolute atomic E-state index is 0.0782. The van der Waals surface area contributed by atoms with Gasteiger partial charge >= 0.3 is 0 Å². The molecule has 0 aromatic carbocycles. The monoisotopic (exact) mass is 300 g/mol. The topological polar surface area (TPSA) is 76.9 Å². The number of imidazole rings is 1. The standard InChI is InChI=1S/C11H13ClN4O2S/c1-8(9-3-5-13-6-4-9)15-19(17,18)11-10(12)16(2)7-14-11/h3-8,15H,1-2H3. The van der Waals surface area contributed by atoms with Gasteiger partial charge in [-0.2, -0.15) is 0 Å². The second kappa shape index (κ2) is 5.28. The van der Waals surface area contributed by atoms with E-state index >= 15 is 0 Å². The molecule has 8 heteroatoms. The van der Waals surface area contributed by atoms with E-state index in [9.17, 15) is 8.42 Å². The predicted molar refractivity (Wildman–Crippen MR) is 71.2 cm³/mol. The van der Waals surface area contributed by atoms with Crippen molar-refractivity contribution in [2.75, 3.05) is 0 Å². The van der Waals surface area contributed by atoms with E-state index in [1.54, 1.807) is 38.5 Å². The van der Waals surface area contributed by atoms with Crippen molar-refractivity contribution in [3.8, 4) is 0 Å². The summed E-state index contributed by atoms with van der Waals surface area (Å²) in [7, 11) is -2.13. The third kappa shape index (κ3) is 2.94. The highest BCUT2D eigenvalue weighted by Gasteiger charge is 2.24. The van der Waals surface area contributed by atoms with Gasteiger partial charge in [0.05, 0.1) is 6.33 Å². The van der Waals surface area contributed by atoms with Crippen LogP contribution < -0.4 is 4.72 Å². The van der Waals surface area contributed by atoms with E-state index in [-0.39, 0.29) is 10.2 Å². The number of rotatable bonds is 4. The number of nitrogens with zero attached hydrogens (tertiary/aromatic N) is 3. The normalized spacial score (nSPS) is 13.4. The maximum Gasteiger partial charge on any atom is 0.261 e. The quantitative estimate of drug-likeness (QED) is 0.928. The summed E-state index contributed by atoms with van der Waals surface area (Å²) >= 11 is 5.89. The van der Waals surface area contributed by atoms with Crippen LogP contribution in [0.25, 0.3) is 0 Å². The Hall–Kier alpha value is -1.44. The summed E-state index contributed by atoms with van der Waals surface area (Å²) in [5, 5.41) is -0.0907. The Morgan fingerprint density at radius 3 is 2.53 bits per heavy atom. The lowest BCUT2D eigenvalue weighted by Crippen LogP contribution is -2.27. The first-order valence-electron chi connectivity index (χ1n) is 5.51. The minimum atomic E-state index is -3.75. The first-order valence-corrected chi connectivity index (χ1v) is 7.37. The molecule has 0 amide bonds. The summed E-state index contributed by atoms with van der Waals surface area (Å²) in [6, 6.07) is 3.09. The van der Waals surface area contributed by atoms with E-state index in [0.717, 1.165) is 5.56 Å². The Morgan fingerprint density at radius 2 is 2.00 bits per heavy atom. The van der Waals surface area contributed by atoms with Crippen LogP contribution in [-0.2, 0) is 17.1 Å². The average Bonchev–Trinajstić information content (AvgIpc) is 2.71. The average molecular weight is 301 g/mol. The molecule has 2 rings (SSSR count). The molecule has 6 nitrogen and oxygen atoms in total. The van der Waals surface area contributed by atoms with Crippen LogP contribution in [0.1, 0.15) is 18.5 Å². The van der Waals surface area contributed by atoms with Gasteiger partial charge in [0, 0.05) is 25.5 Å². The molecule has 0 aliphatic heterocycles. The lowest BCUT2D eigenvalue weighted by molar-refractivity contribution is 0.563. The lowest BCUT2D eigenvalue weighted by atomic mass is 10.1. The Balaban J connectivity index is 2.25. The van der Waals surface area contributed by atoms with Crippen molar-refractivity contribution in [3.63, 3.8) is 0 Å². The van der Waals surface area contributed by atoms with E-state index in [1.165, 1.54) is 10.9 Å². The highest BCUT2D eigenvalue weighted by Crippen LogP contribution is 2.21. The first kappa shape index (κ1) is 14.0. The van der Waals surface area contributed by atoms with E-state index in [0.29, 0.717) is 0 Å². The molecule has 0 fully saturated rings. The molecule has 2 heterocycles. The smallest absolute Gasteiger partial charge is 0.261 e. The van der Waals surface area contributed by atoms with Crippen molar-refractivity contribution in [1.29, 1.82) is 0 Å². The third-order valence-corrected chi connectivity index (χ3v) is 4.66. The van der Waals surface area contributed by atoms with Crippen LogP contribution >= 0.6 is 11.6 Å². The molecule has 0 saturated carbocycles. The van der Waals surface area contributed by atoms with Crippen LogP contribution in [0, 0.1) is 0 Å². The second-order valence-corrected chi connectivity index (χ2v) is 6.06. The van der Waals surface area contributed by atoms with Crippen LogP contribution in [0.4, 0.5) is 0 Å². The summed E-state index contributed by atoms with van der Waals surface area (Å²) in [4.78, 5) is 7.69. The molecule has 0 spiro atoms. The van der Waals surface area contributed by atoms with E-state index in [2.05, 4.69) is 14.7 Å². The fourth-order valence-corrected chi connectivity index (χ4v) is 3.24. The van der Waals surface area contributed by atoms with Crippen molar-refractivity contribution in [1.82, 2.24) is 19.3 Å². The Morgan fingerprint density at radius 1 is 1.37 bits per heavy atom. The van der Waals surface area contributed by atoms with Crippen molar-refractivity contribution in [2.45, 2.75) is 18.0 Å². The molecule has 0 aliphatic rings. The molecular weight excluding hydrogens is 288 g/mol. The van der Waals surface area contributed by atoms with Gasteiger partial charge in [-0.05, 0) is 24.6 Å². The van der Waals surface area contributed by atoms with Crippen molar-refractivity contribution < 1.29 is 8.42 Å². The van der Waals surface area contributed by atoms with Crippen LogP contribution in [0.2, 0.25) is 5.15 Å². The number of hydrogen-bond donors (Lipinski definition) is 1. The van der Waals surface area contributed by atoms with Crippen molar-refractivity contribution in [3.05, 3.63) is 41.6 Å². The molecule has 2 aromatic rings. The fourth-order valence-electron chi connectivity index (χ4n) is 1.58. The molecule has 2 aromatic heterocycles. The number of halogens is 1. The predicted octanol–water partition coefficient (Wildman–Crippen LogP) is 1.51. The summed E-state index contributed by atoms with van der Waals surface area (Å²) < 4.78 is 28.3. The molecule has 0 aliphatic carbocycles. The zero-order valence-electron chi connectivity index (χ0n) is 10.4. The molecule has 1 atom stereocenters. The van der Waals surface area contributed by atoms with Gasteiger partial charge in [0.1, 0.15) is 5.15 Å². The Labute approximate surface area is 116 Å². The highest BCUT2D eigenvalue weighted by molar-refractivity contribution is 7.89. The molecule has 102 valence electrons. The highest BCUT2D eigenvalue weighted by atomic mass is 35.5. The maximum atomic E-state index is 12.2. The molecule has 1 N–H and O–H groups in total. The van der Waals surface area contributed by atoms with Gasteiger partial charge in [-0.3, -0.25) is 4.98 Å². The number of aryl methyl sites for hydroxylation is 1. The van der Waals surface area contributed by atoms with Crippen LogP contribution in [-0.4, -0.2) is 23.0 Å². The van der Waals surface area contributed by atoms with Crippen LogP contribution in [0.15, 0.2) is 35.9 Å². The van der Waals surface area contributed by atoms with E-state index in [4.69, 9.17) is 11.6 Å². The SMILES string of the molecule is CC(NS(=O)(=O)c1ncn(C)c1Cl)c1ccncc1. The molecule has 0 bridgehead atoms. The molecule has 19 heavy (non-hydrogen) atoms. The van der Waals surface area contributed by atoms with Crippen molar-refractivity contribution in [2.24, 2.45) is 7.05 Å². The first-order chi connectivity index (χ1) is 8.92. The maximum absolute atomic E-state index is 12.2. The summed E-state index contributed by atoms with van der Waals surface area (Å²) in [6.07, 6.45) is 4.57. The zero-order chi connectivity index (χ0) is 14.0. The Bertz CT molecular complexity index is 669. The van der Waals surface area contributed by atoms with Crippen LogP contribution in [0.3, 0.4) is 0 Å². The summed E-state index contributed by atoms with van der Waals surface area (Å²) in [5.74, 6) is 0. The summed E-state index contributed by atoms with van der Waals surface area (Å²) in [5.41, 5.74) is 0.811. The zero-order valence-corrected chi connectivity index (χ0v) is 12.0. The molecule has 1 unspecified atom stereocenters. The molecular formula is C11H13ClN4O2S. The summed E-state index contributed by atoms with van der Waals surface area (Å²) in [6.45, 7) is 1.74.